The highest BCUT2D eigenvalue weighted by molar-refractivity contribution is 6.01. The second-order valence-electron chi connectivity index (χ2n) is 4.67. The average molecular weight is 286 g/mol. The predicted molar refractivity (Wildman–Crippen MR) is 78.0 cm³/mol. The van der Waals surface area contributed by atoms with Crippen molar-refractivity contribution < 1.29 is 14.3 Å². The minimum atomic E-state index is -0.342. The van der Waals surface area contributed by atoms with Crippen LogP contribution in [-0.4, -0.2) is 25.7 Å². The third-order valence-corrected chi connectivity index (χ3v) is 3.04. The van der Waals surface area contributed by atoms with E-state index < -0.39 is 0 Å². The maximum atomic E-state index is 11.8. The Labute approximate surface area is 124 Å². The predicted octanol–water partition coefficient (Wildman–Crippen LogP) is 2.17. The van der Waals surface area contributed by atoms with Crippen LogP contribution >= 0.6 is 0 Å². The molecule has 1 heterocycles. The highest BCUT2D eigenvalue weighted by atomic mass is 16.7. The lowest BCUT2D eigenvalue weighted by Crippen LogP contribution is -2.25. The largest absolute Gasteiger partial charge is 0.351 e. The van der Waals surface area contributed by atoms with Gasteiger partial charge in [-0.1, -0.05) is 31.2 Å². The minimum absolute atomic E-state index is 0.101. The quantitative estimate of drug-likeness (QED) is 0.665. The van der Waals surface area contributed by atoms with Crippen LogP contribution in [0.1, 0.15) is 30.8 Å². The molecule has 5 heteroatoms. The molecule has 5 nitrogen and oxygen atoms in total. The van der Waals surface area contributed by atoms with E-state index in [0.29, 0.717) is 19.8 Å². The van der Waals surface area contributed by atoms with Gasteiger partial charge in [0.15, 0.2) is 6.29 Å². The fraction of sp³-hybridized carbons (Fsp3) is 0.375. The zero-order valence-corrected chi connectivity index (χ0v) is 12.0. The van der Waals surface area contributed by atoms with Crippen molar-refractivity contribution >= 4 is 12.0 Å². The lowest BCUT2D eigenvalue weighted by Gasteiger charge is -2.09. The Kier molecular flexibility index (Phi) is 5.50. The zero-order chi connectivity index (χ0) is 15.1. The third kappa shape index (κ3) is 4.15. The number of nitrogens with one attached hydrogen (secondary N) is 1. The fourth-order valence-electron chi connectivity index (χ4n) is 1.95. The summed E-state index contributed by atoms with van der Waals surface area (Å²) in [5.74, 6) is -0.342. The summed E-state index contributed by atoms with van der Waals surface area (Å²) in [5, 5.41) is 11.8. The van der Waals surface area contributed by atoms with Crippen molar-refractivity contribution in [1.82, 2.24) is 5.32 Å². The molecule has 0 bridgehead atoms. The summed E-state index contributed by atoms with van der Waals surface area (Å²) in [6.45, 7) is 3.72. The van der Waals surface area contributed by atoms with E-state index in [9.17, 15) is 4.79 Å². The Morgan fingerprint density at radius 2 is 2.05 bits per heavy atom. The van der Waals surface area contributed by atoms with Crippen molar-refractivity contribution in [3.63, 3.8) is 0 Å². The van der Waals surface area contributed by atoms with Crippen LogP contribution in [0.15, 0.2) is 29.8 Å². The van der Waals surface area contributed by atoms with Crippen molar-refractivity contribution in [1.29, 1.82) is 5.26 Å². The fourth-order valence-corrected chi connectivity index (χ4v) is 1.95. The molecule has 1 amide bonds. The van der Waals surface area contributed by atoms with Crippen LogP contribution in [0, 0.1) is 11.3 Å². The van der Waals surface area contributed by atoms with Gasteiger partial charge >= 0.3 is 0 Å². The van der Waals surface area contributed by atoms with E-state index in [2.05, 4.69) is 5.32 Å². The number of carbonyl (C=O) groups is 1. The molecular formula is C16H18N2O3. The molecule has 1 aliphatic rings. The maximum absolute atomic E-state index is 11.8. The molecule has 1 aliphatic heterocycles. The average Bonchev–Trinajstić information content (AvgIpc) is 3.05. The number of nitrogens with zero attached hydrogens (tertiary/aromatic N) is 1. The molecule has 1 aromatic rings. The summed E-state index contributed by atoms with van der Waals surface area (Å²) in [7, 11) is 0. The van der Waals surface area contributed by atoms with Crippen LogP contribution in [-0.2, 0) is 14.3 Å². The number of ether oxygens (including phenoxy) is 2. The van der Waals surface area contributed by atoms with Crippen LogP contribution in [0.3, 0.4) is 0 Å². The molecule has 1 fully saturated rings. The summed E-state index contributed by atoms with van der Waals surface area (Å²) in [6, 6.07) is 9.36. The Hall–Kier alpha value is -2.16. The standard InChI is InChI=1S/C16H18N2O3/c1-2-7-18-15(19)14(11-17)10-12-3-5-13(6-4-12)16-20-8-9-21-16/h3-6,10,16H,2,7-9H2,1H3,(H,18,19). The second-order valence-corrected chi connectivity index (χ2v) is 4.67. The molecule has 21 heavy (non-hydrogen) atoms. The van der Waals surface area contributed by atoms with E-state index in [-0.39, 0.29) is 17.8 Å². The lowest BCUT2D eigenvalue weighted by atomic mass is 10.1. The summed E-state index contributed by atoms with van der Waals surface area (Å²) in [5.41, 5.74) is 1.82. The third-order valence-electron chi connectivity index (χ3n) is 3.04. The first-order valence-electron chi connectivity index (χ1n) is 6.97. The second kappa shape index (κ2) is 7.58. The Balaban J connectivity index is 2.08. The molecule has 110 valence electrons. The first-order chi connectivity index (χ1) is 10.2. The summed E-state index contributed by atoms with van der Waals surface area (Å²) < 4.78 is 10.8. The molecule has 1 N–H and O–H groups in total. The van der Waals surface area contributed by atoms with Crippen LogP contribution < -0.4 is 5.32 Å². The Morgan fingerprint density at radius 3 is 2.62 bits per heavy atom. The number of hydrogen-bond donors (Lipinski definition) is 1. The van der Waals surface area contributed by atoms with E-state index in [4.69, 9.17) is 14.7 Å². The van der Waals surface area contributed by atoms with Crippen molar-refractivity contribution in [3.8, 4) is 6.07 Å². The summed E-state index contributed by atoms with van der Waals surface area (Å²) in [6.07, 6.45) is 2.09. The number of rotatable bonds is 5. The SMILES string of the molecule is CCCNC(=O)C(C#N)=Cc1ccc(C2OCCO2)cc1. The minimum Gasteiger partial charge on any atom is -0.351 e. The van der Waals surface area contributed by atoms with Gasteiger partial charge in [0, 0.05) is 12.1 Å². The van der Waals surface area contributed by atoms with Gasteiger partial charge in [0.25, 0.3) is 5.91 Å². The van der Waals surface area contributed by atoms with Crippen molar-refractivity contribution in [2.75, 3.05) is 19.8 Å². The Morgan fingerprint density at radius 1 is 1.38 bits per heavy atom. The van der Waals surface area contributed by atoms with Crippen molar-refractivity contribution in [2.24, 2.45) is 0 Å². The lowest BCUT2D eigenvalue weighted by molar-refractivity contribution is -0.117. The monoisotopic (exact) mass is 286 g/mol. The topological polar surface area (TPSA) is 71.4 Å². The van der Waals surface area contributed by atoms with E-state index >= 15 is 0 Å². The van der Waals surface area contributed by atoms with Gasteiger partial charge in [0.2, 0.25) is 0 Å². The molecule has 0 spiro atoms. The van der Waals surface area contributed by atoms with Crippen LogP contribution in [0.25, 0.3) is 6.08 Å². The van der Waals surface area contributed by atoms with Gasteiger partial charge in [0.05, 0.1) is 13.2 Å². The summed E-state index contributed by atoms with van der Waals surface area (Å²) in [4.78, 5) is 11.8. The van der Waals surface area contributed by atoms with Crippen LogP contribution in [0.5, 0.6) is 0 Å². The maximum Gasteiger partial charge on any atom is 0.261 e. The normalized spacial score (nSPS) is 15.7. The molecule has 0 saturated carbocycles. The molecule has 0 atom stereocenters. The highest BCUT2D eigenvalue weighted by Crippen LogP contribution is 2.23. The molecule has 0 aliphatic carbocycles. The summed E-state index contributed by atoms with van der Waals surface area (Å²) >= 11 is 0. The van der Waals surface area contributed by atoms with E-state index in [0.717, 1.165) is 17.5 Å². The number of carbonyl (C=O) groups excluding carboxylic acids is 1. The van der Waals surface area contributed by atoms with Gasteiger partial charge in [-0.05, 0) is 18.1 Å². The van der Waals surface area contributed by atoms with Gasteiger partial charge < -0.3 is 14.8 Å². The first-order valence-corrected chi connectivity index (χ1v) is 6.97. The van der Waals surface area contributed by atoms with Crippen LogP contribution in [0.2, 0.25) is 0 Å². The number of amides is 1. The van der Waals surface area contributed by atoms with Crippen LogP contribution in [0.4, 0.5) is 0 Å². The van der Waals surface area contributed by atoms with Gasteiger partial charge in [-0.3, -0.25) is 4.79 Å². The Bertz CT molecular complexity index is 552. The molecule has 0 radical (unpaired) electrons. The highest BCUT2D eigenvalue weighted by Gasteiger charge is 2.17. The molecule has 0 unspecified atom stereocenters. The molecule has 1 aromatic carbocycles. The van der Waals surface area contributed by atoms with Gasteiger partial charge in [-0.15, -0.1) is 0 Å². The van der Waals surface area contributed by atoms with Gasteiger partial charge in [-0.25, -0.2) is 0 Å². The van der Waals surface area contributed by atoms with Crippen molar-refractivity contribution in [2.45, 2.75) is 19.6 Å². The van der Waals surface area contributed by atoms with E-state index in [1.54, 1.807) is 6.08 Å². The van der Waals surface area contributed by atoms with E-state index in [1.807, 2.05) is 37.3 Å². The smallest absolute Gasteiger partial charge is 0.261 e. The zero-order valence-electron chi connectivity index (χ0n) is 12.0. The van der Waals surface area contributed by atoms with Gasteiger partial charge in [0.1, 0.15) is 11.6 Å². The molecular weight excluding hydrogens is 268 g/mol. The number of benzene rings is 1. The van der Waals surface area contributed by atoms with Gasteiger partial charge in [-0.2, -0.15) is 5.26 Å². The number of nitriles is 1. The van der Waals surface area contributed by atoms with E-state index in [1.165, 1.54) is 0 Å². The molecule has 2 rings (SSSR count). The molecule has 0 aromatic heterocycles. The number of hydrogen-bond acceptors (Lipinski definition) is 4. The van der Waals surface area contributed by atoms with Crippen molar-refractivity contribution in [3.05, 3.63) is 41.0 Å². The first kappa shape index (κ1) is 15.2. The molecule has 1 saturated heterocycles.